The molecule has 3 N–H and O–H groups in total. The predicted molar refractivity (Wildman–Crippen MR) is 42.0 cm³/mol. The second-order valence-corrected chi connectivity index (χ2v) is 2.49. The number of nitrogens with one attached hydrogen (secondary N) is 1. The van der Waals surface area contributed by atoms with E-state index < -0.39 is 6.04 Å². The molecule has 1 unspecified atom stereocenters. The number of nitrogens with two attached hydrogens (primary N) is 1. The number of hydrogen-bond acceptors (Lipinski definition) is 3. The zero-order chi connectivity index (χ0) is 8.85. The van der Waals surface area contributed by atoms with E-state index in [1.807, 2.05) is 0 Å². The molecule has 1 amide bonds. The van der Waals surface area contributed by atoms with Crippen LogP contribution in [0.2, 0.25) is 0 Å². The maximum absolute atomic E-state index is 10.6. The highest BCUT2D eigenvalue weighted by Crippen LogP contribution is 1.86. The van der Waals surface area contributed by atoms with Crippen molar-refractivity contribution >= 4 is 11.7 Å². The molecule has 0 aliphatic heterocycles. The van der Waals surface area contributed by atoms with Crippen LogP contribution < -0.4 is 11.1 Å². The molecule has 0 rings (SSSR count). The first kappa shape index (κ1) is 10.1. The highest BCUT2D eigenvalue weighted by Gasteiger charge is 2.06. The highest BCUT2D eigenvalue weighted by molar-refractivity contribution is 5.81. The number of carbonyl (C=O) groups excluding carboxylic acids is 2. The molecule has 11 heavy (non-hydrogen) atoms. The van der Waals surface area contributed by atoms with Crippen LogP contribution in [0.3, 0.4) is 0 Å². The van der Waals surface area contributed by atoms with Crippen LogP contribution in [0.15, 0.2) is 0 Å². The molecule has 4 heteroatoms. The zero-order valence-corrected chi connectivity index (χ0v) is 6.89. The molecular formula is C7H14N2O2. The van der Waals surface area contributed by atoms with Crippen molar-refractivity contribution < 1.29 is 9.59 Å². The van der Waals surface area contributed by atoms with Crippen LogP contribution in [0.4, 0.5) is 0 Å². The first-order valence-electron chi connectivity index (χ1n) is 3.54. The minimum absolute atomic E-state index is 0.0460. The standard InChI is InChI=1S/C7H14N2O2/c1-5(10)7(8)3-4-9-6(2)11/h7H,3-4,8H2,1-2H3,(H,9,11). The van der Waals surface area contributed by atoms with Gasteiger partial charge in [0, 0.05) is 13.5 Å². The number of carbonyl (C=O) groups is 2. The van der Waals surface area contributed by atoms with Gasteiger partial charge in [0.15, 0.2) is 0 Å². The molecule has 0 radical (unpaired) electrons. The largest absolute Gasteiger partial charge is 0.356 e. The minimum Gasteiger partial charge on any atom is -0.356 e. The van der Waals surface area contributed by atoms with E-state index >= 15 is 0 Å². The number of ketones is 1. The number of rotatable bonds is 4. The second kappa shape index (κ2) is 4.85. The summed E-state index contributed by atoms with van der Waals surface area (Å²) in [6.45, 7) is 3.34. The normalized spacial score (nSPS) is 12.3. The Balaban J connectivity index is 3.39. The van der Waals surface area contributed by atoms with Gasteiger partial charge in [0.2, 0.25) is 5.91 Å². The lowest BCUT2D eigenvalue weighted by Gasteiger charge is -2.06. The van der Waals surface area contributed by atoms with Crippen LogP contribution in [-0.2, 0) is 9.59 Å². The van der Waals surface area contributed by atoms with Crippen LogP contribution in [0.25, 0.3) is 0 Å². The van der Waals surface area contributed by atoms with Crippen molar-refractivity contribution in [3.8, 4) is 0 Å². The lowest BCUT2D eigenvalue weighted by Crippen LogP contribution is -2.33. The van der Waals surface area contributed by atoms with Gasteiger partial charge in [-0.05, 0) is 13.3 Å². The Kier molecular flexibility index (Phi) is 4.45. The van der Waals surface area contributed by atoms with Gasteiger partial charge < -0.3 is 11.1 Å². The van der Waals surface area contributed by atoms with E-state index in [4.69, 9.17) is 5.73 Å². The molecule has 0 aromatic carbocycles. The summed E-state index contributed by atoms with van der Waals surface area (Å²) in [6, 6.07) is -0.443. The Bertz CT molecular complexity index is 157. The van der Waals surface area contributed by atoms with Gasteiger partial charge in [-0.25, -0.2) is 0 Å². The van der Waals surface area contributed by atoms with E-state index in [-0.39, 0.29) is 11.7 Å². The van der Waals surface area contributed by atoms with Gasteiger partial charge in [-0.2, -0.15) is 0 Å². The summed E-state index contributed by atoms with van der Waals surface area (Å²) in [5.41, 5.74) is 5.40. The molecule has 0 heterocycles. The van der Waals surface area contributed by atoms with Crippen molar-refractivity contribution in [3.63, 3.8) is 0 Å². The van der Waals surface area contributed by atoms with Gasteiger partial charge >= 0.3 is 0 Å². The Morgan fingerprint density at radius 2 is 2.00 bits per heavy atom. The molecule has 64 valence electrons. The summed E-state index contributed by atoms with van der Waals surface area (Å²) in [4.78, 5) is 20.9. The summed E-state index contributed by atoms with van der Waals surface area (Å²) in [5.74, 6) is -0.142. The maximum Gasteiger partial charge on any atom is 0.216 e. The maximum atomic E-state index is 10.6. The molecule has 1 atom stereocenters. The SMILES string of the molecule is CC(=O)NCCC(N)C(C)=O. The molecule has 0 saturated heterocycles. The smallest absolute Gasteiger partial charge is 0.216 e. The quantitative estimate of drug-likeness (QED) is 0.575. The predicted octanol–water partition coefficient (Wildman–Crippen LogP) is -0.571. The number of Topliss-reactive ketones (excluding diaryl/α,β-unsaturated/α-hetero) is 1. The first-order valence-corrected chi connectivity index (χ1v) is 3.54. The second-order valence-electron chi connectivity index (χ2n) is 2.49. The fraction of sp³-hybridized carbons (Fsp3) is 0.714. The molecule has 0 aliphatic rings. The average molecular weight is 158 g/mol. The monoisotopic (exact) mass is 158 g/mol. The van der Waals surface area contributed by atoms with Gasteiger partial charge in [-0.15, -0.1) is 0 Å². The lowest BCUT2D eigenvalue weighted by atomic mass is 10.1. The van der Waals surface area contributed by atoms with Crippen LogP contribution in [0.5, 0.6) is 0 Å². The van der Waals surface area contributed by atoms with Crippen molar-refractivity contribution in [1.82, 2.24) is 5.32 Å². The topological polar surface area (TPSA) is 72.2 Å². The average Bonchev–Trinajstić information content (AvgIpc) is 1.86. The van der Waals surface area contributed by atoms with Crippen molar-refractivity contribution in [2.24, 2.45) is 5.73 Å². The summed E-state index contributed by atoms with van der Waals surface area (Å²) < 4.78 is 0. The van der Waals surface area contributed by atoms with Crippen molar-refractivity contribution in [2.75, 3.05) is 6.54 Å². The van der Waals surface area contributed by atoms with Crippen molar-refractivity contribution in [1.29, 1.82) is 0 Å². The molecule has 0 saturated carbocycles. The number of amides is 1. The fourth-order valence-electron chi connectivity index (χ4n) is 0.607. The summed E-state index contributed by atoms with van der Waals surface area (Å²) in [5, 5.41) is 2.56. The summed E-state index contributed by atoms with van der Waals surface area (Å²) in [7, 11) is 0. The lowest BCUT2D eigenvalue weighted by molar-refractivity contribution is -0.120. The Labute approximate surface area is 66.1 Å². The van der Waals surface area contributed by atoms with E-state index in [1.165, 1.54) is 13.8 Å². The Morgan fingerprint density at radius 3 is 2.36 bits per heavy atom. The van der Waals surface area contributed by atoms with Gasteiger partial charge in [-0.1, -0.05) is 0 Å². The third-order valence-electron chi connectivity index (χ3n) is 1.35. The molecule has 0 fully saturated rings. The van der Waals surface area contributed by atoms with Gasteiger partial charge in [0.05, 0.1) is 6.04 Å². The van der Waals surface area contributed by atoms with Crippen LogP contribution in [-0.4, -0.2) is 24.3 Å². The Hall–Kier alpha value is -0.900. The third-order valence-corrected chi connectivity index (χ3v) is 1.35. The molecule has 0 spiro atoms. The van der Waals surface area contributed by atoms with Crippen LogP contribution >= 0.6 is 0 Å². The van der Waals surface area contributed by atoms with Crippen molar-refractivity contribution in [2.45, 2.75) is 26.3 Å². The van der Waals surface area contributed by atoms with Crippen molar-refractivity contribution in [3.05, 3.63) is 0 Å². The van der Waals surface area contributed by atoms with E-state index in [9.17, 15) is 9.59 Å². The minimum atomic E-state index is -0.443. The molecule has 0 aliphatic carbocycles. The van der Waals surface area contributed by atoms with Crippen LogP contribution in [0.1, 0.15) is 20.3 Å². The van der Waals surface area contributed by atoms with Gasteiger partial charge in [0.1, 0.15) is 5.78 Å². The van der Waals surface area contributed by atoms with Crippen LogP contribution in [0, 0.1) is 0 Å². The van der Waals surface area contributed by atoms with E-state index in [2.05, 4.69) is 5.32 Å². The first-order chi connectivity index (χ1) is 5.04. The van der Waals surface area contributed by atoms with E-state index in [0.29, 0.717) is 13.0 Å². The van der Waals surface area contributed by atoms with Gasteiger partial charge in [0.25, 0.3) is 0 Å². The number of hydrogen-bond donors (Lipinski definition) is 2. The highest BCUT2D eigenvalue weighted by atomic mass is 16.1. The molecule has 4 nitrogen and oxygen atoms in total. The molecule has 0 bridgehead atoms. The molecule has 0 aromatic rings. The Morgan fingerprint density at radius 1 is 1.45 bits per heavy atom. The fourth-order valence-corrected chi connectivity index (χ4v) is 0.607. The van der Waals surface area contributed by atoms with Gasteiger partial charge in [-0.3, -0.25) is 9.59 Å². The zero-order valence-electron chi connectivity index (χ0n) is 6.89. The van der Waals surface area contributed by atoms with E-state index in [1.54, 1.807) is 0 Å². The molecular weight excluding hydrogens is 144 g/mol. The van der Waals surface area contributed by atoms with E-state index in [0.717, 1.165) is 0 Å². The molecule has 0 aromatic heterocycles. The third kappa shape index (κ3) is 5.54. The summed E-state index contributed by atoms with van der Waals surface area (Å²) >= 11 is 0. The summed E-state index contributed by atoms with van der Waals surface area (Å²) in [6.07, 6.45) is 0.509.